The molecule has 0 aliphatic rings. The molecule has 0 fully saturated rings. The van der Waals surface area contributed by atoms with E-state index in [4.69, 9.17) is 28.9 Å². The van der Waals surface area contributed by atoms with E-state index in [-0.39, 0.29) is 11.8 Å². The van der Waals surface area contributed by atoms with Crippen molar-refractivity contribution in [2.75, 3.05) is 11.1 Å². The lowest BCUT2D eigenvalue weighted by atomic mass is 10.2. The van der Waals surface area contributed by atoms with Crippen LogP contribution >= 0.6 is 34.5 Å². The van der Waals surface area contributed by atoms with Crippen molar-refractivity contribution in [1.29, 1.82) is 0 Å². The highest BCUT2D eigenvalue weighted by Gasteiger charge is 2.16. The molecule has 1 aromatic heterocycles. The van der Waals surface area contributed by atoms with Gasteiger partial charge in [-0.2, -0.15) is 0 Å². The van der Waals surface area contributed by atoms with Gasteiger partial charge < -0.3 is 11.1 Å². The van der Waals surface area contributed by atoms with Gasteiger partial charge in [-0.25, -0.2) is 4.98 Å². The summed E-state index contributed by atoms with van der Waals surface area (Å²) in [4.78, 5) is 15.8. The van der Waals surface area contributed by atoms with E-state index in [1.54, 1.807) is 19.9 Å². The molecule has 1 amide bonds. The Hall–Kier alpha value is -1.04. The smallest absolute Gasteiger partial charge is 0.226 e. The van der Waals surface area contributed by atoms with Gasteiger partial charge in [0, 0.05) is 5.92 Å². The zero-order valence-corrected chi connectivity index (χ0v) is 12.1. The average molecular weight is 304 g/mol. The maximum Gasteiger partial charge on any atom is 0.226 e. The number of benzene rings is 1. The van der Waals surface area contributed by atoms with E-state index < -0.39 is 0 Å². The van der Waals surface area contributed by atoms with Crippen LogP contribution in [0.5, 0.6) is 0 Å². The van der Waals surface area contributed by atoms with Crippen molar-refractivity contribution in [3.8, 4) is 0 Å². The first-order chi connectivity index (χ1) is 8.40. The first-order valence-corrected chi connectivity index (χ1v) is 6.82. The number of nitrogens with zero attached hydrogens (tertiary/aromatic N) is 1. The van der Waals surface area contributed by atoms with Crippen LogP contribution in [0.1, 0.15) is 13.8 Å². The molecule has 96 valence electrons. The number of carbonyl (C=O) groups is 1. The van der Waals surface area contributed by atoms with Gasteiger partial charge in [0.25, 0.3) is 0 Å². The fourth-order valence-electron chi connectivity index (χ4n) is 1.40. The van der Waals surface area contributed by atoms with Crippen molar-refractivity contribution in [3.05, 3.63) is 16.1 Å². The minimum absolute atomic E-state index is 0.121. The Balaban J connectivity index is 2.52. The molecular weight excluding hydrogens is 293 g/mol. The summed E-state index contributed by atoms with van der Waals surface area (Å²) in [6, 6.07) is 1.59. The van der Waals surface area contributed by atoms with Gasteiger partial charge in [-0.3, -0.25) is 4.79 Å². The van der Waals surface area contributed by atoms with E-state index >= 15 is 0 Å². The summed E-state index contributed by atoms with van der Waals surface area (Å²) in [6.45, 7) is 3.60. The summed E-state index contributed by atoms with van der Waals surface area (Å²) in [5.74, 6) is -0.258. The molecule has 7 heteroatoms. The lowest BCUT2D eigenvalue weighted by Crippen LogP contribution is -2.17. The summed E-state index contributed by atoms with van der Waals surface area (Å²) >= 11 is 13.5. The number of fused-ring (bicyclic) bond motifs is 1. The zero-order chi connectivity index (χ0) is 13.4. The third kappa shape index (κ3) is 2.39. The Labute approximate surface area is 118 Å². The molecule has 18 heavy (non-hydrogen) atoms. The Kier molecular flexibility index (Phi) is 3.66. The van der Waals surface area contributed by atoms with Crippen LogP contribution in [0.2, 0.25) is 10.0 Å². The van der Waals surface area contributed by atoms with Gasteiger partial charge in [0.1, 0.15) is 5.52 Å². The first-order valence-electron chi connectivity index (χ1n) is 5.25. The SMILES string of the molecule is CC(C)C(=O)Nc1cc(Cl)c2nc(N)sc2c1Cl. The van der Waals surface area contributed by atoms with Crippen molar-refractivity contribution in [2.24, 2.45) is 5.92 Å². The van der Waals surface area contributed by atoms with Gasteiger partial charge in [0.2, 0.25) is 5.91 Å². The number of nitrogen functional groups attached to an aromatic ring is 1. The van der Waals surface area contributed by atoms with Crippen LogP contribution in [0.4, 0.5) is 10.8 Å². The van der Waals surface area contributed by atoms with Gasteiger partial charge >= 0.3 is 0 Å². The highest BCUT2D eigenvalue weighted by Crippen LogP contribution is 2.40. The fraction of sp³-hybridized carbons (Fsp3) is 0.273. The third-order valence-corrected chi connectivity index (χ3v) is 4.05. The molecule has 0 unspecified atom stereocenters. The molecule has 2 aromatic rings. The largest absolute Gasteiger partial charge is 0.375 e. The van der Waals surface area contributed by atoms with Gasteiger partial charge in [-0.1, -0.05) is 48.4 Å². The van der Waals surface area contributed by atoms with E-state index in [1.807, 2.05) is 0 Å². The van der Waals surface area contributed by atoms with Crippen molar-refractivity contribution >= 4 is 61.5 Å². The zero-order valence-electron chi connectivity index (χ0n) is 9.75. The number of rotatable bonds is 2. The van der Waals surface area contributed by atoms with Crippen molar-refractivity contribution < 1.29 is 4.79 Å². The fourth-order valence-corrected chi connectivity index (χ4v) is 2.80. The molecule has 3 N–H and O–H groups in total. The highest BCUT2D eigenvalue weighted by atomic mass is 35.5. The number of nitrogens with two attached hydrogens (primary N) is 1. The average Bonchev–Trinajstić information content (AvgIpc) is 2.68. The third-order valence-electron chi connectivity index (χ3n) is 2.36. The second-order valence-corrected chi connectivity index (χ2v) is 5.91. The summed E-state index contributed by atoms with van der Waals surface area (Å²) in [7, 11) is 0. The summed E-state index contributed by atoms with van der Waals surface area (Å²) < 4.78 is 0.681. The van der Waals surface area contributed by atoms with E-state index in [1.165, 1.54) is 11.3 Å². The van der Waals surface area contributed by atoms with Crippen molar-refractivity contribution in [1.82, 2.24) is 4.98 Å². The number of carbonyl (C=O) groups excluding carboxylic acids is 1. The number of anilines is 2. The van der Waals surface area contributed by atoms with Crippen LogP contribution in [0.15, 0.2) is 6.07 Å². The molecule has 0 spiro atoms. The molecule has 0 radical (unpaired) electrons. The maximum atomic E-state index is 11.7. The molecule has 0 bridgehead atoms. The Morgan fingerprint density at radius 3 is 2.78 bits per heavy atom. The summed E-state index contributed by atoms with van der Waals surface area (Å²) in [6.07, 6.45) is 0. The molecule has 0 saturated heterocycles. The second-order valence-electron chi connectivity index (χ2n) is 4.09. The highest BCUT2D eigenvalue weighted by molar-refractivity contribution is 7.22. The number of halogens is 2. The van der Waals surface area contributed by atoms with E-state index in [9.17, 15) is 4.79 Å². The van der Waals surface area contributed by atoms with Gasteiger partial charge in [-0.15, -0.1) is 0 Å². The number of aromatic nitrogens is 1. The van der Waals surface area contributed by atoms with Gasteiger partial charge in [0.05, 0.1) is 20.4 Å². The van der Waals surface area contributed by atoms with Crippen LogP contribution in [0, 0.1) is 5.92 Å². The molecule has 4 nitrogen and oxygen atoms in total. The van der Waals surface area contributed by atoms with Crippen LogP contribution < -0.4 is 11.1 Å². The normalized spacial score (nSPS) is 11.2. The molecule has 0 aliphatic heterocycles. The Morgan fingerprint density at radius 2 is 2.17 bits per heavy atom. The lowest BCUT2D eigenvalue weighted by Gasteiger charge is -2.10. The molecule has 1 aromatic carbocycles. The lowest BCUT2D eigenvalue weighted by molar-refractivity contribution is -0.118. The molecule has 0 aliphatic carbocycles. The summed E-state index contributed by atoms with van der Waals surface area (Å²) in [5, 5.41) is 3.96. The topological polar surface area (TPSA) is 68.0 Å². The number of amides is 1. The van der Waals surface area contributed by atoms with Crippen molar-refractivity contribution in [2.45, 2.75) is 13.8 Å². The number of hydrogen-bond acceptors (Lipinski definition) is 4. The molecule has 0 saturated carbocycles. The maximum absolute atomic E-state index is 11.7. The molecule has 1 heterocycles. The van der Waals surface area contributed by atoms with Crippen LogP contribution in [0.3, 0.4) is 0 Å². The quantitative estimate of drug-likeness (QED) is 0.887. The number of hydrogen-bond donors (Lipinski definition) is 2. The van der Waals surface area contributed by atoms with Crippen LogP contribution in [-0.2, 0) is 4.79 Å². The predicted molar refractivity (Wildman–Crippen MR) is 77.5 cm³/mol. The number of thiazole rings is 1. The van der Waals surface area contributed by atoms with E-state index in [2.05, 4.69) is 10.3 Å². The Bertz CT molecular complexity index is 624. The molecular formula is C11H11Cl2N3OS. The molecule has 0 atom stereocenters. The minimum atomic E-state index is -0.137. The van der Waals surface area contributed by atoms with E-state index in [0.29, 0.717) is 31.1 Å². The van der Waals surface area contributed by atoms with Crippen molar-refractivity contribution in [3.63, 3.8) is 0 Å². The predicted octanol–water partition coefficient (Wildman–Crippen LogP) is 3.78. The first kappa shape index (κ1) is 13.4. The summed E-state index contributed by atoms with van der Waals surface area (Å²) in [5.41, 5.74) is 6.68. The monoisotopic (exact) mass is 303 g/mol. The van der Waals surface area contributed by atoms with Gasteiger partial charge in [-0.05, 0) is 6.07 Å². The standard InChI is InChI=1S/C11H11Cl2N3OS/c1-4(2)10(17)15-6-3-5(12)8-9(7(6)13)18-11(14)16-8/h3-4H,1-2H3,(H2,14,16)(H,15,17). The Morgan fingerprint density at radius 1 is 1.50 bits per heavy atom. The molecule has 2 rings (SSSR count). The minimum Gasteiger partial charge on any atom is -0.375 e. The van der Waals surface area contributed by atoms with Crippen LogP contribution in [0.25, 0.3) is 10.2 Å². The van der Waals surface area contributed by atoms with Gasteiger partial charge in [0.15, 0.2) is 5.13 Å². The van der Waals surface area contributed by atoms with Crippen LogP contribution in [-0.4, -0.2) is 10.9 Å². The number of nitrogens with one attached hydrogen (secondary N) is 1. The second kappa shape index (κ2) is 4.91. The van der Waals surface area contributed by atoms with E-state index in [0.717, 1.165) is 0 Å².